The first-order valence-electron chi connectivity index (χ1n) is 5.90. The Morgan fingerprint density at radius 1 is 0.842 bits per heavy atom. The summed E-state index contributed by atoms with van der Waals surface area (Å²) >= 11 is 0. The summed E-state index contributed by atoms with van der Waals surface area (Å²) in [4.78, 5) is 10.2. The highest BCUT2D eigenvalue weighted by atomic mass is 16.6. The molecule has 0 aromatic heterocycles. The van der Waals surface area contributed by atoms with Gasteiger partial charge in [-0.1, -0.05) is 66.8 Å². The molecule has 0 atom stereocenters. The molecule has 0 N–H and O–H groups in total. The predicted octanol–water partition coefficient (Wildman–Crippen LogP) is 4.32. The molecule has 0 aliphatic carbocycles. The van der Waals surface area contributed by atoms with E-state index < -0.39 is 4.92 Å². The van der Waals surface area contributed by atoms with Gasteiger partial charge in [0, 0.05) is 12.1 Å². The number of benzene rings is 2. The monoisotopic (exact) mass is 251 g/mol. The van der Waals surface area contributed by atoms with Crippen LogP contribution in [0.25, 0.3) is 12.2 Å². The second-order valence-electron chi connectivity index (χ2n) is 3.98. The van der Waals surface area contributed by atoms with E-state index in [2.05, 4.69) is 0 Å². The van der Waals surface area contributed by atoms with Crippen molar-refractivity contribution in [2.24, 2.45) is 0 Å². The summed E-state index contributed by atoms with van der Waals surface area (Å²) in [6, 6.07) is 16.5. The third kappa shape index (κ3) is 3.92. The molecule has 0 fully saturated rings. The molecule has 0 heterocycles. The molecule has 2 rings (SSSR count). The molecule has 94 valence electrons. The molecule has 0 bridgehead atoms. The van der Waals surface area contributed by atoms with Crippen molar-refractivity contribution in [1.29, 1.82) is 0 Å². The molecule has 0 saturated heterocycles. The van der Waals surface area contributed by atoms with E-state index in [0.29, 0.717) is 0 Å². The molecule has 0 aliphatic rings. The fourth-order valence-corrected chi connectivity index (χ4v) is 1.64. The highest BCUT2D eigenvalue weighted by Gasteiger charge is 2.02. The van der Waals surface area contributed by atoms with E-state index in [-0.39, 0.29) is 5.69 Å². The van der Waals surface area contributed by atoms with Crippen LogP contribution in [0, 0.1) is 10.1 Å². The number of nitrogens with zero attached hydrogens (tertiary/aromatic N) is 1. The smallest absolute Gasteiger partial charge is 0.258 e. The molecular formula is C16H13NO2. The second kappa shape index (κ2) is 6.31. The third-order valence-corrected chi connectivity index (χ3v) is 2.57. The molecular weight excluding hydrogens is 238 g/mol. The van der Waals surface area contributed by atoms with Gasteiger partial charge in [0.05, 0.1) is 4.92 Å². The maximum Gasteiger partial charge on any atom is 0.270 e. The summed E-state index contributed by atoms with van der Waals surface area (Å²) in [5.41, 5.74) is 2.03. The Hall–Kier alpha value is -2.68. The van der Waals surface area contributed by atoms with Crippen LogP contribution in [0.4, 0.5) is 5.69 Å². The summed E-state index contributed by atoms with van der Waals surface area (Å²) in [7, 11) is 0. The van der Waals surface area contributed by atoms with Crippen molar-refractivity contribution in [2.45, 2.75) is 0 Å². The van der Waals surface area contributed by atoms with Gasteiger partial charge in [-0.15, -0.1) is 0 Å². The molecule has 2 aromatic carbocycles. The van der Waals surface area contributed by atoms with E-state index in [1.54, 1.807) is 12.1 Å². The van der Waals surface area contributed by atoms with Crippen LogP contribution in [0.3, 0.4) is 0 Å². The number of hydrogen-bond acceptors (Lipinski definition) is 2. The molecule has 19 heavy (non-hydrogen) atoms. The van der Waals surface area contributed by atoms with E-state index in [1.807, 2.05) is 60.7 Å². The van der Waals surface area contributed by atoms with Gasteiger partial charge in [0.2, 0.25) is 0 Å². The van der Waals surface area contributed by atoms with Gasteiger partial charge in [0.1, 0.15) is 0 Å². The molecule has 0 spiro atoms. The SMILES string of the molecule is O=[N+]([O-])c1cccc(/C=C/C=C\c2ccccc2)c1. The standard InChI is InChI=1S/C16H13NO2/c18-17(19)16-12-6-11-15(13-16)10-5-4-9-14-7-2-1-3-8-14/h1-13H/b9-4-,10-5+. The van der Waals surface area contributed by atoms with Crippen LogP contribution in [-0.2, 0) is 0 Å². The molecule has 2 aromatic rings. The van der Waals surface area contributed by atoms with Gasteiger partial charge in [-0.05, 0) is 11.1 Å². The summed E-state index contributed by atoms with van der Waals surface area (Å²) in [5, 5.41) is 10.6. The first-order valence-corrected chi connectivity index (χ1v) is 5.90. The minimum Gasteiger partial charge on any atom is -0.258 e. The number of nitro groups is 1. The van der Waals surface area contributed by atoms with Crippen LogP contribution in [0.5, 0.6) is 0 Å². The normalized spacial score (nSPS) is 11.2. The Labute approximate surface area is 111 Å². The Morgan fingerprint density at radius 3 is 2.16 bits per heavy atom. The van der Waals surface area contributed by atoms with Gasteiger partial charge < -0.3 is 0 Å². The fraction of sp³-hybridized carbons (Fsp3) is 0. The molecule has 3 heteroatoms. The Kier molecular flexibility index (Phi) is 4.24. The van der Waals surface area contributed by atoms with E-state index in [4.69, 9.17) is 0 Å². The van der Waals surface area contributed by atoms with E-state index >= 15 is 0 Å². The third-order valence-electron chi connectivity index (χ3n) is 2.57. The van der Waals surface area contributed by atoms with Gasteiger partial charge >= 0.3 is 0 Å². The maximum atomic E-state index is 10.6. The summed E-state index contributed by atoms with van der Waals surface area (Å²) in [6.07, 6.45) is 7.60. The second-order valence-corrected chi connectivity index (χ2v) is 3.98. The van der Waals surface area contributed by atoms with Crippen molar-refractivity contribution in [3.63, 3.8) is 0 Å². The number of hydrogen-bond donors (Lipinski definition) is 0. The largest absolute Gasteiger partial charge is 0.270 e. The van der Waals surface area contributed by atoms with E-state index in [0.717, 1.165) is 11.1 Å². The minimum absolute atomic E-state index is 0.106. The Balaban J connectivity index is 2.05. The average Bonchev–Trinajstić information content (AvgIpc) is 2.45. The lowest BCUT2D eigenvalue weighted by molar-refractivity contribution is -0.384. The van der Waals surface area contributed by atoms with Crippen molar-refractivity contribution in [2.75, 3.05) is 0 Å². The van der Waals surface area contributed by atoms with Gasteiger partial charge in [0.15, 0.2) is 0 Å². The van der Waals surface area contributed by atoms with Crippen LogP contribution < -0.4 is 0 Å². The lowest BCUT2D eigenvalue weighted by Crippen LogP contribution is -1.87. The lowest BCUT2D eigenvalue weighted by atomic mass is 10.1. The number of allylic oxidation sites excluding steroid dienone is 2. The highest BCUT2D eigenvalue weighted by molar-refractivity contribution is 5.58. The van der Waals surface area contributed by atoms with Gasteiger partial charge in [0.25, 0.3) is 5.69 Å². The predicted molar refractivity (Wildman–Crippen MR) is 77.6 cm³/mol. The summed E-state index contributed by atoms with van der Waals surface area (Å²) in [5.74, 6) is 0. The number of non-ortho nitro benzene ring substituents is 1. The molecule has 0 radical (unpaired) electrons. The zero-order valence-corrected chi connectivity index (χ0v) is 10.3. The maximum absolute atomic E-state index is 10.6. The zero-order valence-electron chi connectivity index (χ0n) is 10.3. The van der Waals surface area contributed by atoms with E-state index in [9.17, 15) is 10.1 Å². The number of nitro benzene ring substituents is 1. The van der Waals surface area contributed by atoms with Crippen molar-refractivity contribution in [1.82, 2.24) is 0 Å². The highest BCUT2D eigenvalue weighted by Crippen LogP contribution is 2.14. The van der Waals surface area contributed by atoms with Gasteiger partial charge in [-0.2, -0.15) is 0 Å². The Morgan fingerprint density at radius 2 is 1.47 bits per heavy atom. The zero-order chi connectivity index (χ0) is 13.5. The molecule has 3 nitrogen and oxygen atoms in total. The van der Waals surface area contributed by atoms with Crippen LogP contribution >= 0.6 is 0 Å². The van der Waals surface area contributed by atoms with Crippen molar-refractivity contribution < 1.29 is 4.92 Å². The first-order chi connectivity index (χ1) is 9.25. The average molecular weight is 251 g/mol. The van der Waals surface area contributed by atoms with Crippen molar-refractivity contribution in [3.8, 4) is 0 Å². The number of rotatable bonds is 4. The van der Waals surface area contributed by atoms with E-state index in [1.165, 1.54) is 6.07 Å². The van der Waals surface area contributed by atoms with Crippen LogP contribution in [0.2, 0.25) is 0 Å². The van der Waals surface area contributed by atoms with Crippen LogP contribution in [0.15, 0.2) is 66.7 Å². The van der Waals surface area contributed by atoms with Gasteiger partial charge in [-0.25, -0.2) is 0 Å². The van der Waals surface area contributed by atoms with Crippen LogP contribution in [0.1, 0.15) is 11.1 Å². The fourth-order valence-electron chi connectivity index (χ4n) is 1.64. The van der Waals surface area contributed by atoms with Crippen LogP contribution in [-0.4, -0.2) is 4.92 Å². The summed E-state index contributed by atoms with van der Waals surface area (Å²) in [6.45, 7) is 0. The molecule has 0 aliphatic heterocycles. The molecule has 0 unspecified atom stereocenters. The topological polar surface area (TPSA) is 43.1 Å². The quantitative estimate of drug-likeness (QED) is 0.461. The first kappa shape index (κ1) is 12.8. The Bertz CT molecular complexity index is 616. The van der Waals surface area contributed by atoms with Gasteiger partial charge in [-0.3, -0.25) is 10.1 Å². The molecule has 0 amide bonds. The minimum atomic E-state index is -0.392. The summed E-state index contributed by atoms with van der Waals surface area (Å²) < 4.78 is 0. The van der Waals surface area contributed by atoms with Crippen molar-refractivity contribution in [3.05, 3.63) is 88.0 Å². The molecule has 0 saturated carbocycles. The van der Waals surface area contributed by atoms with Crippen molar-refractivity contribution >= 4 is 17.8 Å². The lowest BCUT2D eigenvalue weighted by Gasteiger charge is -1.93.